The third-order valence-electron chi connectivity index (χ3n) is 3.97. The van der Waals surface area contributed by atoms with E-state index in [2.05, 4.69) is 48.0 Å². The molecule has 0 bridgehead atoms. The highest BCUT2D eigenvalue weighted by atomic mass is 79.9. The highest BCUT2D eigenvalue weighted by molar-refractivity contribution is 9.10. The standard InChI is InChI=1S/C15H21BrO/c1-15(2,10-17)12-7-8-13(14(16)9-12)11-5-3-4-6-11/h7-9,11,17H,3-6,10H2,1-2H3. The zero-order valence-corrected chi connectivity index (χ0v) is 12.3. The minimum atomic E-state index is -0.156. The van der Waals surface area contributed by atoms with Crippen LogP contribution in [0.5, 0.6) is 0 Å². The van der Waals surface area contributed by atoms with Crippen LogP contribution < -0.4 is 0 Å². The number of halogens is 1. The molecule has 0 heterocycles. The SMILES string of the molecule is CC(C)(CO)c1ccc(C2CCCC2)c(Br)c1. The predicted octanol–water partition coefficient (Wildman–Crippen LogP) is 4.38. The van der Waals surface area contributed by atoms with E-state index >= 15 is 0 Å². The number of aliphatic hydroxyl groups is 1. The van der Waals surface area contributed by atoms with Crippen molar-refractivity contribution in [2.75, 3.05) is 6.61 Å². The molecule has 2 heteroatoms. The second-order valence-electron chi connectivity index (χ2n) is 5.76. The molecule has 2 rings (SSSR count). The summed E-state index contributed by atoms with van der Waals surface area (Å²) in [5.41, 5.74) is 2.49. The molecule has 0 radical (unpaired) electrons. The van der Waals surface area contributed by atoms with E-state index in [9.17, 15) is 5.11 Å². The number of rotatable bonds is 3. The lowest BCUT2D eigenvalue weighted by Gasteiger charge is -2.24. The Morgan fingerprint density at radius 2 is 1.94 bits per heavy atom. The maximum absolute atomic E-state index is 9.40. The average Bonchev–Trinajstić information content (AvgIpc) is 2.82. The lowest BCUT2D eigenvalue weighted by Crippen LogP contribution is -2.22. The summed E-state index contributed by atoms with van der Waals surface area (Å²) >= 11 is 3.70. The van der Waals surface area contributed by atoms with Crippen LogP contribution in [0.25, 0.3) is 0 Å². The first-order valence-electron chi connectivity index (χ1n) is 6.45. The van der Waals surface area contributed by atoms with Crippen LogP contribution >= 0.6 is 15.9 Å². The lowest BCUT2D eigenvalue weighted by atomic mass is 9.84. The van der Waals surface area contributed by atoms with E-state index in [1.54, 1.807) is 0 Å². The molecule has 0 atom stereocenters. The maximum atomic E-state index is 9.40. The van der Waals surface area contributed by atoms with Crippen LogP contribution in [0, 0.1) is 0 Å². The van der Waals surface area contributed by atoms with Gasteiger partial charge < -0.3 is 5.11 Å². The molecule has 0 amide bonds. The smallest absolute Gasteiger partial charge is 0.0522 e. The largest absolute Gasteiger partial charge is 0.395 e. The molecule has 0 saturated heterocycles. The average molecular weight is 297 g/mol. The fourth-order valence-corrected chi connectivity index (χ4v) is 3.31. The third kappa shape index (κ3) is 2.74. The first kappa shape index (κ1) is 13.1. The van der Waals surface area contributed by atoms with Gasteiger partial charge in [0, 0.05) is 9.89 Å². The molecule has 1 nitrogen and oxygen atoms in total. The van der Waals surface area contributed by atoms with E-state index in [1.165, 1.54) is 41.3 Å². The topological polar surface area (TPSA) is 20.2 Å². The summed E-state index contributed by atoms with van der Waals surface area (Å²) in [6.45, 7) is 4.33. The second-order valence-corrected chi connectivity index (χ2v) is 6.61. The van der Waals surface area contributed by atoms with Crippen molar-refractivity contribution >= 4 is 15.9 Å². The monoisotopic (exact) mass is 296 g/mol. The summed E-state index contributed by atoms with van der Waals surface area (Å²) in [6.07, 6.45) is 5.37. The highest BCUT2D eigenvalue weighted by Crippen LogP contribution is 2.39. The van der Waals surface area contributed by atoms with Crippen LogP contribution in [-0.2, 0) is 5.41 Å². The zero-order valence-electron chi connectivity index (χ0n) is 10.7. The third-order valence-corrected chi connectivity index (χ3v) is 4.66. The summed E-state index contributed by atoms with van der Waals surface area (Å²) in [5, 5.41) is 9.40. The van der Waals surface area contributed by atoms with Gasteiger partial charge in [0.15, 0.2) is 0 Å². The summed E-state index contributed by atoms with van der Waals surface area (Å²) in [7, 11) is 0. The molecular formula is C15H21BrO. The van der Waals surface area contributed by atoms with Crippen LogP contribution in [0.2, 0.25) is 0 Å². The summed E-state index contributed by atoms with van der Waals surface area (Å²) in [6, 6.07) is 6.60. The van der Waals surface area contributed by atoms with Crippen LogP contribution in [0.3, 0.4) is 0 Å². The number of hydrogen-bond donors (Lipinski definition) is 1. The van der Waals surface area contributed by atoms with E-state index < -0.39 is 0 Å². The molecule has 1 saturated carbocycles. The Hall–Kier alpha value is -0.340. The zero-order chi connectivity index (χ0) is 12.5. The minimum absolute atomic E-state index is 0.156. The van der Waals surface area contributed by atoms with Gasteiger partial charge in [-0.2, -0.15) is 0 Å². The van der Waals surface area contributed by atoms with Crippen molar-refractivity contribution in [1.29, 1.82) is 0 Å². The molecule has 1 N–H and O–H groups in total. The van der Waals surface area contributed by atoms with Gasteiger partial charge in [0.05, 0.1) is 6.61 Å². The molecule has 1 aromatic carbocycles. The molecule has 1 fully saturated rings. The van der Waals surface area contributed by atoms with Crippen molar-refractivity contribution in [1.82, 2.24) is 0 Å². The molecule has 94 valence electrons. The Morgan fingerprint density at radius 3 is 2.47 bits per heavy atom. The van der Waals surface area contributed by atoms with Gasteiger partial charge in [-0.3, -0.25) is 0 Å². The highest BCUT2D eigenvalue weighted by Gasteiger charge is 2.23. The molecule has 1 aromatic rings. The van der Waals surface area contributed by atoms with Gasteiger partial charge in [-0.25, -0.2) is 0 Å². The van der Waals surface area contributed by atoms with Gasteiger partial charge in [-0.15, -0.1) is 0 Å². The molecular weight excluding hydrogens is 276 g/mol. The Balaban J connectivity index is 2.28. The van der Waals surface area contributed by atoms with Crippen molar-refractivity contribution in [2.45, 2.75) is 50.9 Å². The van der Waals surface area contributed by atoms with E-state index in [0.717, 1.165) is 5.92 Å². The normalized spacial score (nSPS) is 17.6. The molecule has 0 aliphatic heterocycles. The van der Waals surface area contributed by atoms with Crippen LogP contribution in [-0.4, -0.2) is 11.7 Å². The minimum Gasteiger partial charge on any atom is -0.395 e. The van der Waals surface area contributed by atoms with E-state index in [4.69, 9.17) is 0 Å². The van der Waals surface area contributed by atoms with Gasteiger partial charge >= 0.3 is 0 Å². The molecule has 1 aliphatic rings. The predicted molar refractivity (Wildman–Crippen MR) is 75.5 cm³/mol. The summed E-state index contributed by atoms with van der Waals surface area (Å²) in [5.74, 6) is 0.732. The van der Waals surface area contributed by atoms with Crippen molar-refractivity contribution < 1.29 is 5.11 Å². The van der Waals surface area contributed by atoms with E-state index in [0.29, 0.717) is 0 Å². The fourth-order valence-electron chi connectivity index (χ4n) is 2.61. The van der Waals surface area contributed by atoms with Gasteiger partial charge in [-0.1, -0.05) is 54.8 Å². The lowest BCUT2D eigenvalue weighted by molar-refractivity contribution is 0.218. The second kappa shape index (κ2) is 5.11. The van der Waals surface area contributed by atoms with Crippen LogP contribution in [0.15, 0.2) is 22.7 Å². The Morgan fingerprint density at radius 1 is 1.29 bits per heavy atom. The maximum Gasteiger partial charge on any atom is 0.0522 e. The van der Waals surface area contributed by atoms with Gasteiger partial charge in [0.2, 0.25) is 0 Å². The summed E-state index contributed by atoms with van der Waals surface area (Å²) < 4.78 is 1.21. The molecule has 1 aliphatic carbocycles. The summed E-state index contributed by atoms with van der Waals surface area (Å²) in [4.78, 5) is 0. The fraction of sp³-hybridized carbons (Fsp3) is 0.600. The Kier molecular flexibility index (Phi) is 3.94. The first-order valence-corrected chi connectivity index (χ1v) is 7.24. The molecule has 0 spiro atoms. The van der Waals surface area contributed by atoms with Crippen LogP contribution in [0.4, 0.5) is 0 Å². The molecule has 17 heavy (non-hydrogen) atoms. The van der Waals surface area contributed by atoms with Crippen molar-refractivity contribution in [3.05, 3.63) is 33.8 Å². The number of hydrogen-bond acceptors (Lipinski definition) is 1. The van der Waals surface area contributed by atoms with Crippen LogP contribution in [0.1, 0.15) is 56.6 Å². The van der Waals surface area contributed by atoms with Crippen molar-refractivity contribution in [2.24, 2.45) is 0 Å². The van der Waals surface area contributed by atoms with E-state index in [-0.39, 0.29) is 12.0 Å². The number of benzene rings is 1. The first-order chi connectivity index (χ1) is 8.04. The van der Waals surface area contributed by atoms with Crippen molar-refractivity contribution in [3.8, 4) is 0 Å². The Bertz CT molecular complexity index is 392. The Labute approximate surface area is 112 Å². The van der Waals surface area contributed by atoms with E-state index in [1.807, 2.05) is 0 Å². The molecule has 0 aromatic heterocycles. The quantitative estimate of drug-likeness (QED) is 0.878. The number of aliphatic hydroxyl groups excluding tert-OH is 1. The van der Waals surface area contributed by atoms with Gasteiger partial charge in [0.25, 0.3) is 0 Å². The van der Waals surface area contributed by atoms with Crippen molar-refractivity contribution in [3.63, 3.8) is 0 Å². The van der Waals surface area contributed by atoms with Gasteiger partial charge in [0.1, 0.15) is 0 Å². The van der Waals surface area contributed by atoms with Gasteiger partial charge in [-0.05, 0) is 36.0 Å². The molecule has 0 unspecified atom stereocenters.